The van der Waals surface area contributed by atoms with E-state index in [-0.39, 0.29) is 0 Å². The fourth-order valence-electron chi connectivity index (χ4n) is 2.24. The quantitative estimate of drug-likeness (QED) is 0.824. The second-order valence-corrected chi connectivity index (χ2v) is 5.50. The van der Waals surface area contributed by atoms with E-state index in [1.54, 1.807) is 0 Å². The maximum atomic E-state index is 10.0. The molecule has 1 aliphatic rings. The van der Waals surface area contributed by atoms with Crippen molar-refractivity contribution in [3.63, 3.8) is 0 Å². The van der Waals surface area contributed by atoms with Crippen molar-refractivity contribution in [1.82, 2.24) is 9.88 Å². The van der Waals surface area contributed by atoms with Gasteiger partial charge in [0.2, 0.25) is 0 Å². The Kier molecular flexibility index (Phi) is 4.02. The van der Waals surface area contributed by atoms with E-state index in [1.807, 2.05) is 25.3 Å². The summed E-state index contributed by atoms with van der Waals surface area (Å²) in [6.45, 7) is 4.80. The van der Waals surface area contributed by atoms with Crippen LogP contribution >= 0.6 is 11.6 Å². The highest BCUT2D eigenvalue weighted by atomic mass is 35.5. The summed E-state index contributed by atoms with van der Waals surface area (Å²) < 4.78 is 0. The fourth-order valence-corrected chi connectivity index (χ4v) is 2.35. The standard InChI is InChI=1S/C13H19ClN2O/c1-13(17)5-2-7-16(8-6-13)10-11-3-4-12(14)15-9-11/h3-4,9,17H,2,5-8,10H2,1H3. The number of aromatic nitrogens is 1. The number of pyridine rings is 1. The Morgan fingerprint density at radius 2 is 2.24 bits per heavy atom. The normalized spacial score (nSPS) is 26.8. The first-order chi connectivity index (χ1) is 8.05. The topological polar surface area (TPSA) is 36.4 Å². The first kappa shape index (κ1) is 12.8. The van der Waals surface area contributed by atoms with Gasteiger partial charge in [-0.15, -0.1) is 0 Å². The summed E-state index contributed by atoms with van der Waals surface area (Å²) in [6.07, 6.45) is 4.61. The van der Waals surface area contributed by atoms with Gasteiger partial charge in [0, 0.05) is 19.3 Å². The van der Waals surface area contributed by atoms with Crippen LogP contribution in [0.5, 0.6) is 0 Å². The molecule has 94 valence electrons. The molecule has 1 aromatic heterocycles. The molecule has 1 aromatic rings. The molecular weight excluding hydrogens is 236 g/mol. The lowest BCUT2D eigenvalue weighted by molar-refractivity contribution is 0.0444. The molecule has 0 spiro atoms. The summed E-state index contributed by atoms with van der Waals surface area (Å²) in [5.41, 5.74) is 0.684. The Morgan fingerprint density at radius 1 is 1.41 bits per heavy atom. The molecule has 3 nitrogen and oxygen atoms in total. The van der Waals surface area contributed by atoms with E-state index in [0.717, 1.165) is 38.9 Å². The van der Waals surface area contributed by atoms with Crippen molar-refractivity contribution < 1.29 is 5.11 Å². The summed E-state index contributed by atoms with van der Waals surface area (Å²) in [5, 5.41) is 10.6. The van der Waals surface area contributed by atoms with Gasteiger partial charge in [0.15, 0.2) is 0 Å². The van der Waals surface area contributed by atoms with Crippen LogP contribution < -0.4 is 0 Å². The monoisotopic (exact) mass is 254 g/mol. The number of aliphatic hydroxyl groups is 1. The number of hydrogen-bond donors (Lipinski definition) is 1. The molecule has 1 fully saturated rings. The highest BCUT2D eigenvalue weighted by Crippen LogP contribution is 2.22. The van der Waals surface area contributed by atoms with E-state index in [4.69, 9.17) is 11.6 Å². The highest BCUT2D eigenvalue weighted by molar-refractivity contribution is 6.29. The Labute approximate surface area is 107 Å². The number of likely N-dealkylation sites (tertiary alicyclic amines) is 1. The third-order valence-corrected chi connectivity index (χ3v) is 3.57. The second-order valence-electron chi connectivity index (χ2n) is 5.12. The molecule has 1 aliphatic heterocycles. The van der Waals surface area contributed by atoms with E-state index >= 15 is 0 Å². The van der Waals surface area contributed by atoms with Crippen molar-refractivity contribution >= 4 is 11.6 Å². The van der Waals surface area contributed by atoms with Crippen LogP contribution in [0.4, 0.5) is 0 Å². The molecule has 0 bridgehead atoms. The lowest BCUT2D eigenvalue weighted by Gasteiger charge is -2.22. The van der Waals surface area contributed by atoms with Crippen molar-refractivity contribution in [2.45, 2.75) is 38.3 Å². The number of halogens is 1. The number of hydrogen-bond acceptors (Lipinski definition) is 3. The summed E-state index contributed by atoms with van der Waals surface area (Å²) in [6, 6.07) is 3.84. The van der Waals surface area contributed by atoms with Gasteiger partial charge in [-0.05, 0) is 44.4 Å². The maximum absolute atomic E-state index is 10.0. The average Bonchev–Trinajstić information content (AvgIpc) is 2.44. The van der Waals surface area contributed by atoms with Gasteiger partial charge in [-0.2, -0.15) is 0 Å². The van der Waals surface area contributed by atoms with Crippen LogP contribution in [0.15, 0.2) is 18.3 Å². The third kappa shape index (κ3) is 3.95. The summed E-state index contributed by atoms with van der Waals surface area (Å²) in [5.74, 6) is 0. The van der Waals surface area contributed by atoms with Gasteiger partial charge in [0.1, 0.15) is 5.15 Å². The van der Waals surface area contributed by atoms with E-state index in [0.29, 0.717) is 5.15 Å². The SMILES string of the molecule is CC1(O)CCCN(Cc2ccc(Cl)nc2)CC1. The van der Waals surface area contributed by atoms with Crippen LogP contribution in [0.1, 0.15) is 31.7 Å². The van der Waals surface area contributed by atoms with Crippen LogP contribution in [-0.4, -0.2) is 33.7 Å². The predicted molar refractivity (Wildman–Crippen MR) is 69.0 cm³/mol. The lowest BCUT2D eigenvalue weighted by atomic mass is 9.98. The average molecular weight is 255 g/mol. The van der Waals surface area contributed by atoms with Gasteiger partial charge in [-0.25, -0.2) is 4.98 Å². The highest BCUT2D eigenvalue weighted by Gasteiger charge is 2.24. The summed E-state index contributed by atoms with van der Waals surface area (Å²) in [7, 11) is 0. The first-order valence-corrected chi connectivity index (χ1v) is 6.48. The smallest absolute Gasteiger partial charge is 0.129 e. The minimum Gasteiger partial charge on any atom is -0.390 e. The molecule has 1 unspecified atom stereocenters. The molecule has 2 heterocycles. The van der Waals surface area contributed by atoms with E-state index < -0.39 is 5.60 Å². The zero-order valence-electron chi connectivity index (χ0n) is 10.2. The minimum absolute atomic E-state index is 0.493. The Balaban J connectivity index is 1.93. The molecule has 0 aliphatic carbocycles. The molecule has 0 aromatic carbocycles. The molecule has 1 atom stereocenters. The minimum atomic E-state index is -0.493. The van der Waals surface area contributed by atoms with Crippen molar-refractivity contribution in [2.24, 2.45) is 0 Å². The third-order valence-electron chi connectivity index (χ3n) is 3.35. The zero-order valence-corrected chi connectivity index (χ0v) is 11.0. The number of nitrogens with zero attached hydrogens (tertiary/aromatic N) is 2. The molecule has 0 saturated carbocycles. The van der Waals surface area contributed by atoms with Gasteiger partial charge in [0.25, 0.3) is 0 Å². The van der Waals surface area contributed by atoms with Gasteiger partial charge in [-0.3, -0.25) is 4.90 Å². The molecule has 0 radical (unpaired) electrons. The largest absolute Gasteiger partial charge is 0.390 e. The molecule has 1 N–H and O–H groups in total. The van der Waals surface area contributed by atoms with Gasteiger partial charge in [0.05, 0.1) is 5.60 Å². The van der Waals surface area contributed by atoms with E-state index in [1.165, 1.54) is 5.56 Å². The van der Waals surface area contributed by atoms with Crippen LogP contribution in [-0.2, 0) is 6.54 Å². The summed E-state index contributed by atoms with van der Waals surface area (Å²) >= 11 is 5.76. The van der Waals surface area contributed by atoms with Crippen LogP contribution in [0.3, 0.4) is 0 Å². The fraction of sp³-hybridized carbons (Fsp3) is 0.615. The molecule has 17 heavy (non-hydrogen) atoms. The molecule has 4 heteroatoms. The van der Waals surface area contributed by atoms with Crippen molar-refractivity contribution in [2.75, 3.05) is 13.1 Å². The van der Waals surface area contributed by atoms with Crippen molar-refractivity contribution in [1.29, 1.82) is 0 Å². The Morgan fingerprint density at radius 3 is 2.94 bits per heavy atom. The molecular formula is C13H19ClN2O. The van der Waals surface area contributed by atoms with Gasteiger partial charge >= 0.3 is 0 Å². The number of rotatable bonds is 2. The van der Waals surface area contributed by atoms with E-state index in [9.17, 15) is 5.11 Å². The van der Waals surface area contributed by atoms with Crippen molar-refractivity contribution in [3.05, 3.63) is 29.0 Å². The van der Waals surface area contributed by atoms with Crippen molar-refractivity contribution in [3.8, 4) is 0 Å². The van der Waals surface area contributed by atoms with Gasteiger partial charge in [-0.1, -0.05) is 17.7 Å². The van der Waals surface area contributed by atoms with Crippen LogP contribution in [0.25, 0.3) is 0 Å². The Bertz CT molecular complexity index is 364. The van der Waals surface area contributed by atoms with Gasteiger partial charge < -0.3 is 5.11 Å². The van der Waals surface area contributed by atoms with E-state index in [2.05, 4.69) is 9.88 Å². The second kappa shape index (κ2) is 5.34. The molecule has 0 amide bonds. The molecule has 2 rings (SSSR count). The van der Waals surface area contributed by atoms with Crippen LogP contribution in [0.2, 0.25) is 5.15 Å². The Hall–Kier alpha value is -0.640. The first-order valence-electron chi connectivity index (χ1n) is 6.10. The molecule has 1 saturated heterocycles. The zero-order chi connectivity index (χ0) is 12.3. The lowest BCUT2D eigenvalue weighted by Crippen LogP contribution is -2.28. The van der Waals surface area contributed by atoms with Crippen LogP contribution in [0, 0.1) is 0 Å². The maximum Gasteiger partial charge on any atom is 0.129 e. The summed E-state index contributed by atoms with van der Waals surface area (Å²) in [4.78, 5) is 6.45. The predicted octanol–water partition coefficient (Wildman–Crippen LogP) is 2.47.